The topological polar surface area (TPSA) is 57.0 Å². The summed E-state index contributed by atoms with van der Waals surface area (Å²) in [6.07, 6.45) is 0. The Morgan fingerprint density at radius 1 is 1.15 bits per heavy atom. The molecule has 0 aliphatic heterocycles. The summed E-state index contributed by atoms with van der Waals surface area (Å²) >= 11 is 3.19. The Morgan fingerprint density at radius 3 is 2.60 bits per heavy atom. The average molecular weight is 340 g/mol. The molecule has 0 unspecified atom stereocenters. The molecule has 4 nitrogen and oxygen atoms in total. The number of nitrogen functional groups attached to an aromatic ring is 1. The molecule has 3 aromatic rings. The Hall–Kier alpha value is -2.15. The molecule has 0 spiro atoms. The summed E-state index contributed by atoms with van der Waals surface area (Å²) in [6, 6.07) is 8.16. The van der Waals surface area contributed by atoms with Crippen molar-refractivity contribution in [2.24, 2.45) is 0 Å². The molecule has 20 heavy (non-hydrogen) atoms. The molecule has 7 heteroatoms. The molecule has 0 aliphatic rings. The van der Waals surface area contributed by atoms with E-state index in [1.807, 2.05) is 0 Å². The van der Waals surface area contributed by atoms with Crippen LogP contribution in [0.25, 0.3) is 17.1 Å². The Labute approximate surface area is 120 Å². The largest absolute Gasteiger partial charge is 0.448 e. The van der Waals surface area contributed by atoms with Crippen LogP contribution in [0.4, 0.5) is 14.6 Å². The molecule has 0 saturated carbocycles. The van der Waals surface area contributed by atoms with E-state index in [4.69, 9.17) is 10.2 Å². The molecule has 0 fully saturated rings. The van der Waals surface area contributed by atoms with Gasteiger partial charge in [-0.15, -0.1) is 0 Å². The van der Waals surface area contributed by atoms with Crippen LogP contribution in [0.5, 0.6) is 0 Å². The third kappa shape index (κ3) is 2.20. The van der Waals surface area contributed by atoms with Crippen LogP contribution < -0.4 is 5.73 Å². The second-order valence-electron chi connectivity index (χ2n) is 4.07. The summed E-state index contributed by atoms with van der Waals surface area (Å²) in [6.45, 7) is 0. The summed E-state index contributed by atoms with van der Waals surface area (Å²) in [5, 5.41) is 4.17. The van der Waals surface area contributed by atoms with Crippen LogP contribution >= 0.6 is 15.9 Å². The standard InChI is InChI=1S/C13H8BrF2N3O/c14-12-4-3-11(20-12)9-6-13(17)19(18-9)10-2-1-7(15)5-8(10)16/h1-6H,17H2. The number of hydrogen-bond acceptors (Lipinski definition) is 3. The lowest BCUT2D eigenvalue weighted by molar-refractivity contribution is 0.551. The molecular weight excluding hydrogens is 332 g/mol. The molecule has 0 bridgehead atoms. The van der Waals surface area contributed by atoms with Gasteiger partial charge in [0.25, 0.3) is 0 Å². The third-order valence-electron chi connectivity index (χ3n) is 2.70. The van der Waals surface area contributed by atoms with Gasteiger partial charge in [0, 0.05) is 12.1 Å². The Morgan fingerprint density at radius 2 is 1.95 bits per heavy atom. The van der Waals surface area contributed by atoms with Gasteiger partial charge in [0.05, 0.1) is 0 Å². The van der Waals surface area contributed by atoms with Crippen LogP contribution in [0.3, 0.4) is 0 Å². The van der Waals surface area contributed by atoms with Gasteiger partial charge >= 0.3 is 0 Å². The van der Waals surface area contributed by atoms with E-state index < -0.39 is 11.6 Å². The second-order valence-corrected chi connectivity index (χ2v) is 4.85. The molecule has 0 aliphatic carbocycles. The highest BCUT2D eigenvalue weighted by atomic mass is 79.9. The molecule has 0 atom stereocenters. The zero-order chi connectivity index (χ0) is 14.3. The average Bonchev–Trinajstić information content (AvgIpc) is 2.96. The van der Waals surface area contributed by atoms with E-state index in [1.54, 1.807) is 18.2 Å². The van der Waals surface area contributed by atoms with Crippen molar-refractivity contribution in [1.29, 1.82) is 0 Å². The highest BCUT2D eigenvalue weighted by molar-refractivity contribution is 9.10. The van der Waals surface area contributed by atoms with E-state index in [0.29, 0.717) is 16.1 Å². The van der Waals surface area contributed by atoms with E-state index >= 15 is 0 Å². The molecule has 0 amide bonds. The van der Waals surface area contributed by atoms with Crippen LogP contribution in [-0.4, -0.2) is 9.78 Å². The lowest BCUT2D eigenvalue weighted by Crippen LogP contribution is -2.04. The number of nitrogens with zero attached hydrogens (tertiary/aromatic N) is 2. The third-order valence-corrected chi connectivity index (χ3v) is 3.13. The van der Waals surface area contributed by atoms with E-state index in [9.17, 15) is 8.78 Å². The first-order chi connectivity index (χ1) is 9.54. The van der Waals surface area contributed by atoms with Gasteiger partial charge in [-0.2, -0.15) is 5.10 Å². The Bertz CT molecular complexity index is 782. The number of nitrogens with two attached hydrogens (primary N) is 1. The van der Waals surface area contributed by atoms with Crippen molar-refractivity contribution >= 4 is 21.7 Å². The smallest absolute Gasteiger partial charge is 0.169 e. The fourth-order valence-corrected chi connectivity index (χ4v) is 2.12. The van der Waals surface area contributed by atoms with Gasteiger partial charge in [0.2, 0.25) is 0 Å². The lowest BCUT2D eigenvalue weighted by atomic mass is 10.3. The predicted molar refractivity (Wildman–Crippen MR) is 73.3 cm³/mol. The number of benzene rings is 1. The van der Waals surface area contributed by atoms with E-state index in [2.05, 4.69) is 21.0 Å². The zero-order valence-electron chi connectivity index (χ0n) is 9.98. The molecule has 2 N–H and O–H groups in total. The van der Waals surface area contributed by atoms with Gasteiger partial charge in [0.15, 0.2) is 16.2 Å². The van der Waals surface area contributed by atoms with Gasteiger partial charge in [0.1, 0.15) is 23.0 Å². The molecule has 3 rings (SSSR count). The van der Waals surface area contributed by atoms with Gasteiger partial charge in [-0.05, 0) is 40.2 Å². The quantitative estimate of drug-likeness (QED) is 0.773. The van der Waals surface area contributed by atoms with E-state index in [1.165, 1.54) is 10.7 Å². The summed E-state index contributed by atoms with van der Waals surface area (Å²) in [5.41, 5.74) is 6.34. The monoisotopic (exact) mass is 339 g/mol. The van der Waals surface area contributed by atoms with Crippen molar-refractivity contribution in [2.75, 3.05) is 5.73 Å². The highest BCUT2D eigenvalue weighted by Gasteiger charge is 2.14. The molecule has 102 valence electrons. The lowest BCUT2D eigenvalue weighted by Gasteiger charge is -2.04. The van der Waals surface area contributed by atoms with Crippen LogP contribution in [0.1, 0.15) is 0 Å². The normalized spacial score (nSPS) is 10.9. The van der Waals surface area contributed by atoms with Gasteiger partial charge in [-0.1, -0.05) is 0 Å². The molecule has 2 aromatic heterocycles. The minimum absolute atomic E-state index is 0.0702. The molecule has 0 saturated heterocycles. The van der Waals surface area contributed by atoms with E-state index in [0.717, 1.165) is 12.1 Å². The maximum atomic E-state index is 13.7. The van der Waals surface area contributed by atoms with Crippen LogP contribution in [0.15, 0.2) is 45.5 Å². The van der Waals surface area contributed by atoms with Crippen LogP contribution in [0.2, 0.25) is 0 Å². The highest BCUT2D eigenvalue weighted by Crippen LogP contribution is 2.27. The van der Waals surface area contributed by atoms with Crippen LogP contribution in [-0.2, 0) is 0 Å². The van der Waals surface area contributed by atoms with Gasteiger partial charge in [-0.25, -0.2) is 13.5 Å². The van der Waals surface area contributed by atoms with Crippen LogP contribution in [0, 0.1) is 11.6 Å². The summed E-state index contributed by atoms with van der Waals surface area (Å²) in [5.74, 6) is -0.693. The SMILES string of the molecule is Nc1cc(-c2ccc(Br)o2)nn1-c1ccc(F)cc1F. The summed E-state index contributed by atoms with van der Waals surface area (Å²) < 4.78 is 33.8. The van der Waals surface area contributed by atoms with Crippen molar-refractivity contribution in [2.45, 2.75) is 0 Å². The van der Waals surface area contributed by atoms with Gasteiger partial charge in [-0.3, -0.25) is 0 Å². The number of furan rings is 1. The number of rotatable bonds is 2. The first-order valence-corrected chi connectivity index (χ1v) is 6.40. The Kier molecular flexibility index (Phi) is 3.06. The minimum atomic E-state index is -0.744. The molecular formula is C13H8BrF2N3O. The zero-order valence-corrected chi connectivity index (χ0v) is 11.6. The molecule has 1 aromatic carbocycles. The van der Waals surface area contributed by atoms with Crippen molar-refractivity contribution in [1.82, 2.24) is 9.78 Å². The van der Waals surface area contributed by atoms with Crippen molar-refractivity contribution in [3.63, 3.8) is 0 Å². The first-order valence-electron chi connectivity index (χ1n) is 5.61. The molecule has 0 radical (unpaired) electrons. The van der Waals surface area contributed by atoms with Gasteiger partial charge < -0.3 is 10.2 Å². The van der Waals surface area contributed by atoms with E-state index in [-0.39, 0.29) is 11.5 Å². The van der Waals surface area contributed by atoms with Crippen molar-refractivity contribution in [3.8, 4) is 17.1 Å². The number of halogens is 3. The second kappa shape index (κ2) is 4.75. The summed E-state index contributed by atoms with van der Waals surface area (Å²) in [4.78, 5) is 0. The van der Waals surface area contributed by atoms with Crippen molar-refractivity contribution in [3.05, 3.63) is 52.7 Å². The maximum Gasteiger partial charge on any atom is 0.169 e. The van der Waals surface area contributed by atoms with Crippen molar-refractivity contribution < 1.29 is 13.2 Å². The fourth-order valence-electron chi connectivity index (χ4n) is 1.81. The number of aromatic nitrogens is 2. The predicted octanol–water partition coefficient (Wildman–Crippen LogP) is 3.76. The number of hydrogen-bond donors (Lipinski definition) is 1. The minimum Gasteiger partial charge on any atom is -0.448 e. The Balaban J connectivity index is 2.09. The first kappa shape index (κ1) is 12.9. The maximum absolute atomic E-state index is 13.7. The number of anilines is 1. The fraction of sp³-hybridized carbons (Fsp3) is 0. The molecule has 2 heterocycles. The summed E-state index contributed by atoms with van der Waals surface area (Å²) in [7, 11) is 0.